The maximum atomic E-state index is 13.0. The Kier molecular flexibility index (Phi) is 4.90. The number of nitrogens with one attached hydrogen (secondary N) is 1. The highest BCUT2D eigenvalue weighted by Crippen LogP contribution is 2.31. The van der Waals surface area contributed by atoms with E-state index in [9.17, 15) is 14.7 Å². The van der Waals surface area contributed by atoms with Crippen molar-refractivity contribution in [2.45, 2.75) is 64.3 Å². The van der Waals surface area contributed by atoms with Crippen molar-refractivity contribution in [3.05, 3.63) is 35.4 Å². The third kappa shape index (κ3) is 4.15. The van der Waals surface area contributed by atoms with Gasteiger partial charge in [0.25, 0.3) is 0 Å². The summed E-state index contributed by atoms with van der Waals surface area (Å²) in [5.74, 6) is -0.270. The molecule has 0 spiro atoms. The van der Waals surface area contributed by atoms with Crippen molar-refractivity contribution in [2.24, 2.45) is 5.92 Å². The number of aliphatic hydroxyl groups is 1. The number of benzene rings is 1. The average molecular weight is 330 g/mol. The lowest BCUT2D eigenvalue weighted by Crippen LogP contribution is -2.54. The minimum absolute atomic E-state index is 0.0187. The molecule has 130 valence electrons. The maximum absolute atomic E-state index is 13.0. The van der Waals surface area contributed by atoms with Gasteiger partial charge in [-0.3, -0.25) is 9.59 Å². The minimum atomic E-state index is -0.904. The number of amides is 2. The zero-order valence-corrected chi connectivity index (χ0v) is 14.4. The summed E-state index contributed by atoms with van der Waals surface area (Å²) in [7, 11) is 0. The molecule has 0 saturated heterocycles. The molecule has 2 amide bonds. The van der Waals surface area contributed by atoms with Crippen LogP contribution in [0.1, 0.15) is 43.7 Å². The molecule has 1 aromatic carbocycles. The largest absolute Gasteiger partial charge is 0.391 e. The van der Waals surface area contributed by atoms with Crippen LogP contribution in [0.3, 0.4) is 0 Å². The van der Waals surface area contributed by atoms with Crippen LogP contribution < -0.4 is 5.32 Å². The molecular weight excluding hydrogens is 304 g/mol. The van der Waals surface area contributed by atoms with Crippen molar-refractivity contribution >= 4 is 11.8 Å². The molecule has 0 bridgehead atoms. The Morgan fingerprint density at radius 1 is 1.29 bits per heavy atom. The predicted molar refractivity (Wildman–Crippen MR) is 91.1 cm³/mol. The zero-order chi connectivity index (χ0) is 17.3. The molecule has 5 heteroatoms. The van der Waals surface area contributed by atoms with Crippen LogP contribution in [0.2, 0.25) is 0 Å². The van der Waals surface area contributed by atoms with Crippen LogP contribution in [0.5, 0.6) is 0 Å². The van der Waals surface area contributed by atoms with E-state index in [-0.39, 0.29) is 23.8 Å². The van der Waals surface area contributed by atoms with Crippen LogP contribution in [-0.4, -0.2) is 40.0 Å². The topological polar surface area (TPSA) is 69.6 Å². The van der Waals surface area contributed by atoms with Crippen LogP contribution in [0.15, 0.2) is 24.3 Å². The van der Waals surface area contributed by atoms with Gasteiger partial charge >= 0.3 is 0 Å². The Balaban J connectivity index is 1.72. The maximum Gasteiger partial charge on any atom is 0.248 e. The molecule has 2 aliphatic rings. The molecule has 0 aliphatic heterocycles. The van der Waals surface area contributed by atoms with Crippen molar-refractivity contribution < 1.29 is 14.7 Å². The fourth-order valence-electron chi connectivity index (χ4n) is 2.96. The first-order valence-corrected chi connectivity index (χ1v) is 8.80. The van der Waals surface area contributed by atoms with Crippen LogP contribution >= 0.6 is 0 Å². The number of carbonyl (C=O) groups excluding carboxylic acids is 2. The number of aryl methyl sites for hydroxylation is 1. The van der Waals surface area contributed by atoms with E-state index in [1.54, 1.807) is 6.92 Å². The first-order chi connectivity index (χ1) is 11.5. The summed E-state index contributed by atoms with van der Waals surface area (Å²) < 4.78 is 0. The van der Waals surface area contributed by atoms with Gasteiger partial charge in [-0.15, -0.1) is 0 Å². The second kappa shape index (κ2) is 6.93. The summed E-state index contributed by atoms with van der Waals surface area (Å²) >= 11 is 0. The van der Waals surface area contributed by atoms with Gasteiger partial charge in [-0.05, 0) is 45.1 Å². The Morgan fingerprint density at radius 3 is 2.54 bits per heavy atom. The van der Waals surface area contributed by atoms with Crippen molar-refractivity contribution in [1.82, 2.24) is 10.2 Å². The molecule has 2 fully saturated rings. The number of hydrogen-bond acceptors (Lipinski definition) is 3. The Morgan fingerprint density at radius 2 is 2.00 bits per heavy atom. The quantitative estimate of drug-likeness (QED) is 0.800. The third-order valence-corrected chi connectivity index (χ3v) is 4.70. The van der Waals surface area contributed by atoms with Gasteiger partial charge in [0.2, 0.25) is 11.8 Å². The zero-order valence-electron chi connectivity index (χ0n) is 14.4. The van der Waals surface area contributed by atoms with Crippen LogP contribution in [0, 0.1) is 12.8 Å². The molecule has 0 radical (unpaired) electrons. The van der Waals surface area contributed by atoms with E-state index in [0.29, 0.717) is 6.54 Å². The molecule has 2 unspecified atom stereocenters. The van der Waals surface area contributed by atoms with Crippen molar-refractivity contribution in [3.8, 4) is 0 Å². The summed E-state index contributed by atoms with van der Waals surface area (Å²) in [6.07, 6.45) is 2.82. The number of aliphatic hydroxyl groups excluding tert-OH is 1. The van der Waals surface area contributed by atoms with Crippen molar-refractivity contribution in [3.63, 3.8) is 0 Å². The highest BCUT2D eigenvalue weighted by molar-refractivity contribution is 5.90. The lowest BCUT2D eigenvalue weighted by Gasteiger charge is -2.29. The molecule has 2 atom stereocenters. The van der Waals surface area contributed by atoms with Crippen molar-refractivity contribution in [1.29, 1.82) is 0 Å². The molecule has 2 aliphatic carbocycles. The smallest absolute Gasteiger partial charge is 0.248 e. The predicted octanol–water partition coefficient (Wildman–Crippen LogP) is 1.76. The van der Waals surface area contributed by atoms with E-state index >= 15 is 0 Å². The second-order valence-electron chi connectivity index (χ2n) is 7.19. The fourth-order valence-corrected chi connectivity index (χ4v) is 2.96. The molecule has 1 aromatic rings. The highest BCUT2D eigenvalue weighted by Gasteiger charge is 2.40. The summed E-state index contributed by atoms with van der Waals surface area (Å²) in [5, 5.41) is 12.8. The van der Waals surface area contributed by atoms with E-state index in [2.05, 4.69) is 11.4 Å². The molecular formula is C19H26N2O3. The first kappa shape index (κ1) is 17.0. The molecule has 5 nitrogen and oxygen atoms in total. The molecule has 0 aromatic heterocycles. The summed E-state index contributed by atoms with van der Waals surface area (Å²) in [4.78, 5) is 26.8. The molecule has 24 heavy (non-hydrogen) atoms. The van der Waals surface area contributed by atoms with Crippen molar-refractivity contribution in [2.75, 3.05) is 0 Å². The summed E-state index contributed by atoms with van der Waals surface area (Å²) in [6.45, 7) is 4.11. The molecule has 0 heterocycles. The standard InChI is InChI=1S/C19H26N2O3/c1-12-4-3-5-14(10-12)11-21(16-8-9-16)19(24)17(13(2)22)20-18(23)15-6-7-15/h3-5,10,13,15-17,22H,6-9,11H2,1-2H3,(H,20,23). The van der Waals surface area contributed by atoms with E-state index in [4.69, 9.17) is 0 Å². The van der Waals surface area contributed by atoms with Crippen LogP contribution in [0.25, 0.3) is 0 Å². The summed E-state index contributed by atoms with van der Waals surface area (Å²) in [5.41, 5.74) is 2.23. The van der Waals surface area contributed by atoms with Crippen LogP contribution in [0.4, 0.5) is 0 Å². The van der Waals surface area contributed by atoms with Gasteiger partial charge in [0.1, 0.15) is 6.04 Å². The number of hydrogen-bond donors (Lipinski definition) is 2. The van der Waals surface area contributed by atoms with E-state index < -0.39 is 12.1 Å². The third-order valence-electron chi connectivity index (χ3n) is 4.70. The molecule has 3 rings (SSSR count). The van der Waals surface area contributed by atoms with Gasteiger partial charge < -0.3 is 15.3 Å². The number of carbonyl (C=O) groups is 2. The average Bonchev–Trinajstić information content (AvgIpc) is 3.40. The Labute approximate surface area is 143 Å². The van der Waals surface area contributed by atoms with Gasteiger partial charge in [0.05, 0.1) is 6.10 Å². The minimum Gasteiger partial charge on any atom is -0.391 e. The normalized spacial score (nSPS) is 19.5. The second-order valence-corrected chi connectivity index (χ2v) is 7.19. The SMILES string of the molecule is Cc1cccc(CN(C(=O)C(NC(=O)C2CC2)C(C)O)C2CC2)c1. The van der Waals surface area contributed by atoms with E-state index in [1.807, 2.05) is 30.0 Å². The molecule has 2 saturated carbocycles. The van der Waals surface area contributed by atoms with E-state index in [0.717, 1.165) is 36.8 Å². The summed E-state index contributed by atoms with van der Waals surface area (Å²) in [6, 6.07) is 7.46. The Hall–Kier alpha value is -1.88. The van der Waals surface area contributed by atoms with Gasteiger partial charge in [-0.25, -0.2) is 0 Å². The number of rotatable bonds is 7. The van der Waals surface area contributed by atoms with Crippen LogP contribution in [-0.2, 0) is 16.1 Å². The van der Waals surface area contributed by atoms with Gasteiger partial charge in [0, 0.05) is 18.5 Å². The Bertz CT molecular complexity index is 621. The van der Waals surface area contributed by atoms with Gasteiger partial charge in [0.15, 0.2) is 0 Å². The lowest BCUT2D eigenvalue weighted by molar-refractivity contribution is -0.140. The van der Waals surface area contributed by atoms with Gasteiger partial charge in [-0.1, -0.05) is 29.8 Å². The van der Waals surface area contributed by atoms with Gasteiger partial charge in [-0.2, -0.15) is 0 Å². The first-order valence-electron chi connectivity index (χ1n) is 8.80. The fraction of sp³-hybridized carbons (Fsp3) is 0.579. The number of nitrogens with zero attached hydrogens (tertiary/aromatic N) is 1. The monoisotopic (exact) mass is 330 g/mol. The lowest BCUT2D eigenvalue weighted by atomic mass is 10.1. The molecule has 2 N–H and O–H groups in total. The van der Waals surface area contributed by atoms with E-state index in [1.165, 1.54) is 0 Å². The highest BCUT2D eigenvalue weighted by atomic mass is 16.3.